The minimum absolute atomic E-state index is 0.105. The van der Waals surface area contributed by atoms with Gasteiger partial charge >= 0.3 is 0 Å². The molecule has 0 radical (unpaired) electrons. The summed E-state index contributed by atoms with van der Waals surface area (Å²) >= 11 is 3.15. The maximum Gasteiger partial charge on any atom is 0.231 e. The average Bonchev–Trinajstić information content (AvgIpc) is 2.50. The zero-order valence-corrected chi connectivity index (χ0v) is 9.31. The molecular formula is C8H9BrN4O2. The maximum absolute atomic E-state index is 11.5. The van der Waals surface area contributed by atoms with E-state index >= 15 is 0 Å². The molecule has 1 atom stereocenters. The second kappa shape index (κ2) is 3.74. The first-order valence-electron chi connectivity index (χ1n) is 4.34. The normalized spacial score (nSPS) is 21.1. The van der Waals surface area contributed by atoms with Gasteiger partial charge in [0.2, 0.25) is 5.91 Å². The molecule has 1 unspecified atom stereocenters. The van der Waals surface area contributed by atoms with Gasteiger partial charge in [-0.15, -0.1) is 0 Å². The van der Waals surface area contributed by atoms with Crippen LogP contribution in [0.4, 0.5) is 11.6 Å². The van der Waals surface area contributed by atoms with Crippen LogP contribution in [0.5, 0.6) is 0 Å². The molecule has 6 nitrogen and oxygen atoms in total. The van der Waals surface area contributed by atoms with Crippen LogP contribution in [0.2, 0.25) is 0 Å². The van der Waals surface area contributed by atoms with E-state index in [0.29, 0.717) is 10.4 Å². The van der Waals surface area contributed by atoms with Crippen LogP contribution < -0.4 is 10.6 Å². The summed E-state index contributed by atoms with van der Waals surface area (Å²) in [5, 5.41) is 9.33. The van der Waals surface area contributed by atoms with Crippen LogP contribution in [0, 0.1) is 0 Å². The summed E-state index contributed by atoms with van der Waals surface area (Å²) in [6.07, 6.45) is 0.904. The Hall–Kier alpha value is -1.21. The summed E-state index contributed by atoms with van der Waals surface area (Å²) in [5.41, 5.74) is 5.61. The minimum atomic E-state index is -0.655. The third-order valence-corrected chi connectivity index (χ3v) is 2.49. The highest BCUT2D eigenvalue weighted by molar-refractivity contribution is 9.10. The lowest BCUT2D eigenvalue weighted by Crippen LogP contribution is -2.27. The standard InChI is InChI=1S/C8H9BrN4O2/c9-5-2-11-7(10)8(12-5)13-3-4(14)1-6(13)15/h2,4,14H,1,3H2,(H2,10,11). The molecule has 0 bridgehead atoms. The van der Waals surface area contributed by atoms with Gasteiger partial charge in [-0.2, -0.15) is 0 Å². The molecule has 1 saturated heterocycles. The molecule has 0 aromatic carbocycles. The number of aromatic nitrogens is 2. The molecule has 2 heterocycles. The van der Waals surface area contributed by atoms with Gasteiger partial charge in [0.1, 0.15) is 4.60 Å². The molecule has 2 rings (SSSR count). The molecule has 80 valence electrons. The number of rotatable bonds is 1. The Morgan fingerprint density at radius 3 is 3.00 bits per heavy atom. The van der Waals surface area contributed by atoms with Crippen molar-refractivity contribution in [2.75, 3.05) is 17.2 Å². The molecule has 1 fully saturated rings. The third-order valence-electron chi connectivity index (χ3n) is 2.11. The number of nitrogen functional groups attached to an aromatic ring is 1. The van der Waals surface area contributed by atoms with Crippen molar-refractivity contribution < 1.29 is 9.90 Å². The maximum atomic E-state index is 11.5. The van der Waals surface area contributed by atoms with E-state index in [2.05, 4.69) is 25.9 Å². The summed E-state index contributed by atoms with van der Waals surface area (Å²) in [6, 6.07) is 0. The summed E-state index contributed by atoms with van der Waals surface area (Å²) in [4.78, 5) is 20.8. The van der Waals surface area contributed by atoms with E-state index in [1.165, 1.54) is 11.1 Å². The molecule has 0 saturated carbocycles. The molecule has 3 N–H and O–H groups in total. The lowest BCUT2D eigenvalue weighted by molar-refractivity contribution is -0.117. The summed E-state index contributed by atoms with van der Waals surface area (Å²) in [7, 11) is 0. The first-order valence-corrected chi connectivity index (χ1v) is 5.13. The first kappa shape index (κ1) is 10.3. The molecule has 7 heteroatoms. The number of nitrogens with zero attached hydrogens (tertiary/aromatic N) is 3. The zero-order valence-electron chi connectivity index (χ0n) is 7.72. The first-order chi connectivity index (χ1) is 7.08. The topological polar surface area (TPSA) is 92.3 Å². The fourth-order valence-electron chi connectivity index (χ4n) is 1.46. The molecule has 1 aromatic heterocycles. The van der Waals surface area contributed by atoms with Crippen LogP contribution in [0.1, 0.15) is 6.42 Å². The quantitative estimate of drug-likeness (QED) is 0.746. The van der Waals surface area contributed by atoms with Gasteiger partial charge in [-0.05, 0) is 15.9 Å². The van der Waals surface area contributed by atoms with Crippen molar-refractivity contribution >= 4 is 33.5 Å². The smallest absolute Gasteiger partial charge is 0.231 e. The van der Waals surface area contributed by atoms with Gasteiger partial charge in [0.15, 0.2) is 11.6 Å². The highest BCUT2D eigenvalue weighted by Gasteiger charge is 2.31. The van der Waals surface area contributed by atoms with Gasteiger partial charge in [0.25, 0.3) is 0 Å². The van der Waals surface area contributed by atoms with E-state index in [0.717, 1.165) is 0 Å². The van der Waals surface area contributed by atoms with E-state index in [4.69, 9.17) is 5.73 Å². The largest absolute Gasteiger partial charge is 0.391 e. The van der Waals surface area contributed by atoms with E-state index in [9.17, 15) is 9.90 Å². The van der Waals surface area contributed by atoms with Crippen LogP contribution in [0.15, 0.2) is 10.8 Å². The van der Waals surface area contributed by atoms with Crippen molar-refractivity contribution in [1.29, 1.82) is 0 Å². The van der Waals surface area contributed by atoms with Gasteiger partial charge in [-0.3, -0.25) is 9.69 Å². The number of carbonyl (C=O) groups excluding carboxylic acids is 1. The lowest BCUT2D eigenvalue weighted by atomic mass is 10.3. The van der Waals surface area contributed by atoms with E-state index < -0.39 is 6.10 Å². The molecule has 0 aliphatic carbocycles. The van der Waals surface area contributed by atoms with E-state index in [-0.39, 0.29) is 24.7 Å². The second-order valence-corrected chi connectivity index (χ2v) is 4.08. The Morgan fingerprint density at radius 2 is 2.40 bits per heavy atom. The number of carbonyl (C=O) groups is 1. The molecule has 15 heavy (non-hydrogen) atoms. The molecule has 1 aliphatic rings. The molecular weight excluding hydrogens is 264 g/mol. The molecule has 1 aliphatic heterocycles. The Labute approximate surface area is 94.2 Å². The zero-order chi connectivity index (χ0) is 11.0. The molecule has 1 amide bonds. The summed E-state index contributed by atoms with van der Waals surface area (Å²) in [5.74, 6) is 0.285. The van der Waals surface area contributed by atoms with E-state index in [1.54, 1.807) is 0 Å². The van der Waals surface area contributed by atoms with Crippen molar-refractivity contribution in [1.82, 2.24) is 9.97 Å². The summed E-state index contributed by atoms with van der Waals surface area (Å²) < 4.78 is 0.501. The van der Waals surface area contributed by atoms with Gasteiger partial charge in [-0.25, -0.2) is 9.97 Å². The lowest BCUT2D eigenvalue weighted by Gasteiger charge is -2.15. The average molecular weight is 273 g/mol. The second-order valence-electron chi connectivity index (χ2n) is 3.26. The van der Waals surface area contributed by atoms with Crippen molar-refractivity contribution in [3.63, 3.8) is 0 Å². The number of amides is 1. The van der Waals surface area contributed by atoms with Gasteiger partial charge in [0.05, 0.1) is 25.3 Å². The third kappa shape index (κ3) is 1.93. The minimum Gasteiger partial charge on any atom is -0.391 e. The van der Waals surface area contributed by atoms with Gasteiger partial charge in [0, 0.05) is 0 Å². The number of nitrogens with two attached hydrogens (primary N) is 1. The number of aliphatic hydroxyl groups is 1. The van der Waals surface area contributed by atoms with Crippen molar-refractivity contribution in [3.8, 4) is 0 Å². The van der Waals surface area contributed by atoms with E-state index in [1.807, 2.05) is 0 Å². The molecule has 0 spiro atoms. The number of aliphatic hydroxyl groups excluding tert-OH is 1. The van der Waals surface area contributed by atoms with Crippen LogP contribution in [-0.4, -0.2) is 33.6 Å². The van der Waals surface area contributed by atoms with Crippen LogP contribution >= 0.6 is 15.9 Å². The number of β-amino-alcohol motifs (C(OH)–C–C–N with tert-alkyl or cyclic N) is 1. The Bertz CT molecular complexity index is 412. The monoisotopic (exact) mass is 272 g/mol. The highest BCUT2D eigenvalue weighted by atomic mass is 79.9. The van der Waals surface area contributed by atoms with Crippen LogP contribution in [0.3, 0.4) is 0 Å². The number of hydrogen-bond acceptors (Lipinski definition) is 5. The number of anilines is 2. The summed E-state index contributed by atoms with van der Waals surface area (Å²) in [6.45, 7) is 0.216. The van der Waals surface area contributed by atoms with Crippen LogP contribution in [-0.2, 0) is 4.79 Å². The fraction of sp³-hybridized carbons (Fsp3) is 0.375. The Morgan fingerprint density at radius 1 is 1.67 bits per heavy atom. The highest BCUT2D eigenvalue weighted by Crippen LogP contribution is 2.25. The Balaban J connectivity index is 2.37. The van der Waals surface area contributed by atoms with Gasteiger partial charge in [-0.1, -0.05) is 0 Å². The van der Waals surface area contributed by atoms with Crippen LogP contribution in [0.25, 0.3) is 0 Å². The number of hydrogen-bond donors (Lipinski definition) is 2. The number of halogens is 1. The predicted octanol–water partition coefficient (Wildman–Crippen LogP) is -0.0811. The molecule has 1 aromatic rings. The fourth-order valence-corrected chi connectivity index (χ4v) is 1.73. The van der Waals surface area contributed by atoms with Crippen molar-refractivity contribution in [3.05, 3.63) is 10.8 Å². The predicted molar refractivity (Wildman–Crippen MR) is 57.1 cm³/mol. The van der Waals surface area contributed by atoms with Crippen molar-refractivity contribution in [2.45, 2.75) is 12.5 Å². The SMILES string of the molecule is Nc1ncc(Br)nc1N1CC(O)CC1=O. The van der Waals surface area contributed by atoms with Crippen molar-refractivity contribution in [2.24, 2.45) is 0 Å². The van der Waals surface area contributed by atoms with Gasteiger partial charge < -0.3 is 10.8 Å². The Kier molecular flexibility index (Phi) is 2.57.